The normalized spacial score (nSPS) is 19.8. The van der Waals surface area contributed by atoms with Crippen molar-refractivity contribution >= 4 is 5.65 Å². The summed E-state index contributed by atoms with van der Waals surface area (Å²) in [5.74, 6) is 0. The van der Waals surface area contributed by atoms with E-state index in [0.29, 0.717) is 6.54 Å². The maximum Gasteiger partial charge on any atom is 0.274 e. The Morgan fingerprint density at radius 1 is 1.56 bits per heavy atom. The first-order valence-corrected chi connectivity index (χ1v) is 6.11. The molecular weight excluding hydrogens is 232 g/mol. The summed E-state index contributed by atoms with van der Waals surface area (Å²) in [5, 5.41) is 4.35. The number of aromatic nitrogens is 3. The number of nitrogens with two attached hydrogens (primary N) is 1. The molecule has 2 aromatic rings. The molecule has 96 valence electrons. The van der Waals surface area contributed by atoms with E-state index in [-0.39, 0.29) is 11.7 Å². The van der Waals surface area contributed by atoms with Crippen molar-refractivity contribution < 1.29 is 4.74 Å². The van der Waals surface area contributed by atoms with Crippen molar-refractivity contribution in [2.45, 2.75) is 25.5 Å². The maximum absolute atomic E-state index is 11.9. The van der Waals surface area contributed by atoms with Gasteiger partial charge in [-0.1, -0.05) is 0 Å². The second-order valence-electron chi connectivity index (χ2n) is 4.58. The molecule has 2 aromatic heterocycles. The summed E-state index contributed by atoms with van der Waals surface area (Å²) in [6, 6.07) is 3.44. The minimum absolute atomic E-state index is 0.0191. The van der Waals surface area contributed by atoms with E-state index in [9.17, 15) is 4.79 Å². The molecule has 1 fully saturated rings. The van der Waals surface area contributed by atoms with Gasteiger partial charge < -0.3 is 15.0 Å². The van der Waals surface area contributed by atoms with Crippen molar-refractivity contribution in [3.05, 3.63) is 33.9 Å². The Bertz CT molecular complexity index is 637. The highest BCUT2D eigenvalue weighted by Gasteiger charge is 2.21. The quantitative estimate of drug-likeness (QED) is 0.831. The van der Waals surface area contributed by atoms with Crippen molar-refractivity contribution in [2.75, 3.05) is 6.61 Å². The van der Waals surface area contributed by atoms with Crippen LogP contribution in [0, 0.1) is 0 Å². The Kier molecular flexibility index (Phi) is 2.68. The Hall–Kier alpha value is -1.66. The molecule has 6 heteroatoms. The Morgan fingerprint density at radius 2 is 2.39 bits per heavy atom. The molecular formula is C12H16N4O2. The highest BCUT2D eigenvalue weighted by Crippen LogP contribution is 2.27. The van der Waals surface area contributed by atoms with Gasteiger partial charge in [0.05, 0.1) is 5.69 Å². The number of ether oxygens (including phenoxy) is 1. The lowest BCUT2D eigenvalue weighted by atomic mass is 10.2. The van der Waals surface area contributed by atoms with Crippen LogP contribution in [0.4, 0.5) is 0 Å². The molecule has 3 heterocycles. The number of nitrogens with zero attached hydrogens (tertiary/aromatic N) is 3. The average Bonchev–Trinajstić information content (AvgIpc) is 3.00. The number of rotatable bonds is 2. The number of aryl methyl sites for hydroxylation is 1. The minimum atomic E-state index is -0.146. The zero-order valence-electron chi connectivity index (χ0n) is 10.3. The highest BCUT2D eigenvalue weighted by molar-refractivity contribution is 5.42. The molecule has 6 nitrogen and oxygen atoms in total. The van der Waals surface area contributed by atoms with Crippen LogP contribution in [0.25, 0.3) is 5.65 Å². The van der Waals surface area contributed by atoms with E-state index in [4.69, 9.17) is 10.5 Å². The van der Waals surface area contributed by atoms with Crippen molar-refractivity contribution in [3.63, 3.8) is 0 Å². The predicted molar refractivity (Wildman–Crippen MR) is 66.3 cm³/mol. The van der Waals surface area contributed by atoms with Crippen LogP contribution in [0.1, 0.15) is 30.3 Å². The molecule has 0 aromatic carbocycles. The first kappa shape index (κ1) is 11.4. The summed E-state index contributed by atoms with van der Waals surface area (Å²) in [5.41, 5.74) is 7.86. The standard InChI is InChI=1S/C12H16N4O2/c1-15-8(7-13)5-12(17)16-11(15)6-9(14-16)10-3-2-4-18-10/h5-6,10H,2-4,7,13H2,1H3. The Morgan fingerprint density at radius 3 is 3.06 bits per heavy atom. The summed E-state index contributed by atoms with van der Waals surface area (Å²) in [6.07, 6.45) is 2.03. The van der Waals surface area contributed by atoms with E-state index in [1.54, 1.807) is 0 Å². The lowest BCUT2D eigenvalue weighted by Crippen LogP contribution is -2.21. The van der Waals surface area contributed by atoms with Gasteiger partial charge in [-0.2, -0.15) is 9.61 Å². The van der Waals surface area contributed by atoms with Gasteiger partial charge in [0.25, 0.3) is 5.56 Å². The fourth-order valence-electron chi connectivity index (χ4n) is 2.40. The SMILES string of the molecule is Cn1c(CN)cc(=O)n2nc(C3CCCO3)cc12. The summed E-state index contributed by atoms with van der Waals surface area (Å²) >= 11 is 0. The lowest BCUT2D eigenvalue weighted by Gasteiger charge is -2.07. The van der Waals surface area contributed by atoms with E-state index >= 15 is 0 Å². The molecule has 0 amide bonds. The van der Waals surface area contributed by atoms with Gasteiger partial charge in [0.1, 0.15) is 11.8 Å². The lowest BCUT2D eigenvalue weighted by molar-refractivity contribution is 0.108. The predicted octanol–water partition coefficient (Wildman–Crippen LogP) is 0.343. The molecule has 18 heavy (non-hydrogen) atoms. The molecule has 0 aliphatic carbocycles. The molecule has 1 saturated heterocycles. The van der Waals surface area contributed by atoms with Gasteiger partial charge in [0.2, 0.25) is 0 Å². The molecule has 0 radical (unpaired) electrons. The van der Waals surface area contributed by atoms with E-state index in [1.165, 1.54) is 10.6 Å². The maximum atomic E-state index is 11.9. The van der Waals surface area contributed by atoms with E-state index in [2.05, 4.69) is 5.10 Å². The molecule has 1 unspecified atom stereocenters. The fourth-order valence-corrected chi connectivity index (χ4v) is 2.40. The van der Waals surface area contributed by atoms with Crippen LogP contribution in [0.2, 0.25) is 0 Å². The van der Waals surface area contributed by atoms with Gasteiger partial charge in [-0.3, -0.25) is 4.79 Å². The minimum Gasteiger partial charge on any atom is -0.372 e. The third-order valence-corrected chi connectivity index (χ3v) is 3.45. The molecule has 0 saturated carbocycles. The zero-order valence-corrected chi connectivity index (χ0v) is 10.3. The molecule has 1 atom stereocenters. The number of fused-ring (bicyclic) bond motifs is 1. The van der Waals surface area contributed by atoms with Crippen molar-refractivity contribution in [1.29, 1.82) is 0 Å². The van der Waals surface area contributed by atoms with Crippen LogP contribution in [-0.4, -0.2) is 20.8 Å². The molecule has 1 aliphatic rings. The Labute approximate surface area is 104 Å². The van der Waals surface area contributed by atoms with Crippen LogP contribution in [0.5, 0.6) is 0 Å². The highest BCUT2D eigenvalue weighted by atomic mass is 16.5. The van der Waals surface area contributed by atoms with E-state index < -0.39 is 0 Å². The number of hydrogen-bond acceptors (Lipinski definition) is 4. The van der Waals surface area contributed by atoms with Crippen LogP contribution in [-0.2, 0) is 18.3 Å². The van der Waals surface area contributed by atoms with Crippen LogP contribution in [0.3, 0.4) is 0 Å². The third-order valence-electron chi connectivity index (χ3n) is 3.45. The first-order valence-electron chi connectivity index (χ1n) is 6.11. The molecule has 2 N–H and O–H groups in total. The largest absolute Gasteiger partial charge is 0.372 e. The molecule has 0 bridgehead atoms. The monoisotopic (exact) mass is 248 g/mol. The van der Waals surface area contributed by atoms with Gasteiger partial charge in [0, 0.05) is 38.0 Å². The van der Waals surface area contributed by atoms with Crippen molar-refractivity contribution in [3.8, 4) is 0 Å². The second kappa shape index (κ2) is 4.22. The van der Waals surface area contributed by atoms with Gasteiger partial charge in [-0.15, -0.1) is 0 Å². The van der Waals surface area contributed by atoms with E-state index in [0.717, 1.165) is 36.5 Å². The second-order valence-corrected chi connectivity index (χ2v) is 4.58. The van der Waals surface area contributed by atoms with Crippen LogP contribution >= 0.6 is 0 Å². The van der Waals surface area contributed by atoms with E-state index in [1.807, 2.05) is 17.7 Å². The Balaban J connectivity index is 2.19. The summed E-state index contributed by atoms with van der Waals surface area (Å²) in [4.78, 5) is 11.9. The molecule has 0 spiro atoms. The average molecular weight is 248 g/mol. The van der Waals surface area contributed by atoms with Crippen LogP contribution in [0.15, 0.2) is 16.9 Å². The third kappa shape index (κ3) is 1.65. The van der Waals surface area contributed by atoms with Crippen LogP contribution < -0.4 is 11.3 Å². The van der Waals surface area contributed by atoms with Crippen molar-refractivity contribution in [1.82, 2.24) is 14.2 Å². The zero-order chi connectivity index (χ0) is 12.7. The number of hydrogen-bond donors (Lipinski definition) is 1. The van der Waals surface area contributed by atoms with Gasteiger partial charge in [-0.25, -0.2) is 0 Å². The first-order chi connectivity index (χ1) is 8.70. The topological polar surface area (TPSA) is 74.5 Å². The van der Waals surface area contributed by atoms with Gasteiger partial charge in [-0.05, 0) is 12.8 Å². The summed E-state index contributed by atoms with van der Waals surface area (Å²) in [6.45, 7) is 1.10. The van der Waals surface area contributed by atoms with Gasteiger partial charge >= 0.3 is 0 Å². The molecule has 3 rings (SSSR count). The summed E-state index contributed by atoms with van der Waals surface area (Å²) in [7, 11) is 1.89. The summed E-state index contributed by atoms with van der Waals surface area (Å²) < 4.78 is 8.90. The van der Waals surface area contributed by atoms with Gasteiger partial charge in [0.15, 0.2) is 0 Å². The fraction of sp³-hybridized carbons (Fsp3) is 0.500. The van der Waals surface area contributed by atoms with Crippen molar-refractivity contribution in [2.24, 2.45) is 12.8 Å². The smallest absolute Gasteiger partial charge is 0.274 e. The molecule has 1 aliphatic heterocycles.